The van der Waals surface area contributed by atoms with E-state index in [1.807, 2.05) is 0 Å². The Morgan fingerprint density at radius 3 is 2.27 bits per heavy atom. The molecule has 2 rings (SSSR count). The van der Waals surface area contributed by atoms with Gasteiger partial charge in [0.1, 0.15) is 11.5 Å². The van der Waals surface area contributed by atoms with Gasteiger partial charge in [0.2, 0.25) is 0 Å². The van der Waals surface area contributed by atoms with Gasteiger partial charge in [-0.05, 0) is 48.7 Å². The molecule has 0 amide bonds. The first-order valence-corrected chi connectivity index (χ1v) is 9.90. The second-order valence-corrected chi connectivity index (χ2v) is 7.37. The van der Waals surface area contributed by atoms with Crippen LogP contribution in [-0.2, 0) is 16.5 Å². The van der Waals surface area contributed by atoms with Gasteiger partial charge in [0, 0.05) is 0 Å². The first-order valence-electron chi connectivity index (χ1n) is 8.46. The minimum absolute atomic E-state index is 0. The Morgan fingerprint density at radius 2 is 1.65 bits per heavy atom. The molecule has 0 heterocycles. The molecule has 0 aromatic heterocycles. The first-order chi connectivity index (χ1) is 11.9. The molecule has 0 aliphatic carbocycles. The Bertz CT molecular complexity index is 788. The summed E-state index contributed by atoms with van der Waals surface area (Å²) >= 11 is 0. The minimum Gasteiger partial charge on any atom is -0.872 e. The van der Waals surface area contributed by atoms with Gasteiger partial charge in [0.05, 0.1) is 4.90 Å². The maximum atomic E-state index is 12.1. The van der Waals surface area contributed by atoms with E-state index in [2.05, 4.69) is 6.92 Å². The summed E-state index contributed by atoms with van der Waals surface area (Å²) in [5.74, 6) is 0.843. The van der Waals surface area contributed by atoms with Crippen molar-refractivity contribution in [1.29, 1.82) is 0 Å². The molecule has 0 saturated heterocycles. The molecular formula is C19H23NaO5S. The van der Waals surface area contributed by atoms with Crippen LogP contribution in [0.25, 0.3) is 0 Å². The smallest absolute Gasteiger partial charge is 0.872 e. The molecule has 7 heteroatoms. The maximum Gasteiger partial charge on any atom is 1.00 e. The predicted octanol–water partition coefficient (Wildman–Crippen LogP) is 1.32. The Morgan fingerprint density at radius 1 is 1.00 bits per heavy atom. The third-order valence-corrected chi connectivity index (χ3v) is 4.84. The molecule has 2 aromatic carbocycles. The normalized spacial score (nSPS) is 11.0. The summed E-state index contributed by atoms with van der Waals surface area (Å²) in [6.07, 6.45) is 6.18. The van der Waals surface area contributed by atoms with E-state index in [0.717, 1.165) is 19.3 Å². The molecule has 136 valence electrons. The van der Waals surface area contributed by atoms with Crippen LogP contribution < -0.4 is 39.4 Å². The van der Waals surface area contributed by atoms with E-state index in [-0.39, 0.29) is 40.2 Å². The van der Waals surface area contributed by atoms with Gasteiger partial charge in [-0.2, -0.15) is 8.42 Å². The number of hydrogen-bond acceptors (Lipinski definition) is 4. The van der Waals surface area contributed by atoms with E-state index in [1.165, 1.54) is 43.2 Å². The van der Waals surface area contributed by atoms with Crippen LogP contribution in [0.2, 0.25) is 0 Å². The van der Waals surface area contributed by atoms with Crippen LogP contribution >= 0.6 is 0 Å². The SMILES string of the molecule is CCCCCCCc1c([O-])cccc1Oc1ccc(S(=O)(=O)O)cc1.[Na+]. The van der Waals surface area contributed by atoms with Gasteiger partial charge in [0.25, 0.3) is 10.1 Å². The summed E-state index contributed by atoms with van der Waals surface area (Å²) in [6.45, 7) is 2.16. The predicted molar refractivity (Wildman–Crippen MR) is 94.7 cm³/mol. The Labute approximate surface area is 177 Å². The standard InChI is InChI=1S/C19H24O5S.Na/c1-2-3-4-5-6-8-17-18(20)9-7-10-19(17)24-15-11-13-16(14-12-15)25(21,22)23;/h7,9-14,20H,2-6,8H2,1H3,(H,21,22,23);/q;+1/p-1. The second kappa shape index (κ2) is 10.9. The van der Waals surface area contributed by atoms with Crippen LogP contribution in [0.15, 0.2) is 47.4 Å². The van der Waals surface area contributed by atoms with Crippen LogP contribution in [0.4, 0.5) is 0 Å². The van der Waals surface area contributed by atoms with Crippen LogP contribution in [0.5, 0.6) is 17.2 Å². The van der Waals surface area contributed by atoms with Crippen LogP contribution in [0.3, 0.4) is 0 Å². The van der Waals surface area contributed by atoms with Crippen molar-refractivity contribution in [2.24, 2.45) is 0 Å². The van der Waals surface area contributed by atoms with Crippen molar-refractivity contribution in [3.05, 3.63) is 48.0 Å². The van der Waals surface area contributed by atoms with Gasteiger partial charge < -0.3 is 9.84 Å². The third-order valence-electron chi connectivity index (χ3n) is 3.97. The fourth-order valence-corrected chi connectivity index (χ4v) is 3.08. The zero-order chi connectivity index (χ0) is 18.3. The quantitative estimate of drug-likeness (QED) is 0.399. The summed E-state index contributed by atoms with van der Waals surface area (Å²) in [4.78, 5) is -0.200. The molecule has 2 aromatic rings. The summed E-state index contributed by atoms with van der Waals surface area (Å²) in [5, 5.41) is 12.1. The fourth-order valence-electron chi connectivity index (χ4n) is 2.60. The van der Waals surface area contributed by atoms with Crippen LogP contribution in [-0.4, -0.2) is 13.0 Å². The van der Waals surface area contributed by atoms with E-state index in [0.29, 0.717) is 23.5 Å². The Kier molecular flexibility index (Phi) is 9.68. The van der Waals surface area contributed by atoms with Crippen molar-refractivity contribution in [2.75, 3.05) is 0 Å². The van der Waals surface area contributed by atoms with Gasteiger partial charge in [0.15, 0.2) is 0 Å². The Balaban J connectivity index is 0.00000338. The largest absolute Gasteiger partial charge is 1.00 e. The zero-order valence-corrected chi connectivity index (χ0v) is 18.1. The van der Waals surface area contributed by atoms with Gasteiger partial charge in [-0.25, -0.2) is 0 Å². The third kappa shape index (κ3) is 6.93. The molecule has 0 atom stereocenters. The van der Waals surface area contributed by atoms with Gasteiger partial charge in [-0.3, -0.25) is 4.55 Å². The van der Waals surface area contributed by atoms with Crippen molar-refractivity contribution < 1.29 is 52.4 Å². The molecule has 0 saturated carbocycles. The monoisotopic (exact) mass is 386 g/mol. The molecule has 1 N–H and O–H groups in total. The molecule has 0 aliphatic heterocycles. The van der Waals surface area contributed by atoms with E-state index in [9.17, 15) is 13.5 Å². The number of ether oxygens (including phenoxy) is 1. The van der Waals surface area contributed by atoms with E-state index in [1.54, 1.807) is 12.1 Å². The molecule has 0 spiro atoms. The number of rotatable bonds is 9. The summed E-state index contributed by atoms with van der Waals surface area (Å²) in [6, 6.07) is 10.3. The van der Waals surface area contributed by atoms with Crippen LogP contribution in [0.1, 0.15) is 44.6 Å². The number of benzene rings is 2. The van der Waals surface area contributed by atoms with E-state index >= 15 is 0 Å². The Hall–Kier alpha value is -1.05. The minimum atomic E-state index is -4.23. The zero-order valence-electron chi connectivity index (χ0n) is 15.3. The average Bonchev–Trinajstić information content (AvgIpc) is 2.56. The van der Waals surface area contributed by atoms with Crippen LogP contribution in [0, 0.1) is 0 Å². The average molecular weight is 386 g/mol. The van der Waals surface area contributed by atoms with Crippen molar-refractivity contribution in [1.82, 2.24) is 0 Å². The number of unbranched alkanes of at least 4 members (excludes halogenated alkanes) is 4. The molecule has 0 fully saturated rings. The van der Waals surface area contributed by atoms with Crippen molar-refractivity contribution in [3.8, 4) is 17.2 Å². The summed E-state index contributed by atoms with van der Waals surface area (Å²) < 4.78 is 36.9. The van der Waals surface area contributed by atoms with Crippen molar-refractivity contribution in [3.63, 3.8) is 0 Å². The maximum absolute atomic E-state index is 12.1. The fraction of sp³-hybridized carbons (Fsp3) is 0.368. The van der Waals surface area contributed by atoms with Crippen molar-refractivity contribution >= 4 is 10.1 Å². The number of hydrogen-bond donors (Lipinski definition) is 1. The molecular weight excluding hydrogens is 363 g/mol. The van der Waals surface area contributed by atoms with Gasteiger partial charge in [-0.1, -0.05) is 44.7 Å². The molecule has 0 unspecified atom stereocenters. The summed E-state index contributed by atoms with van der Waals surface area (Å²) in [7, 11) is -4.23. The van der Waals surface area contributed by atoms with Crippen molar-refractivity contribution in [2.45, 2.75) is 50.3 Å². The van der Waals surface area contributed by atoms with E-state index < -0.39 is 10.1 Å². The molecule has 26 heavy (non-hydrogen) atoms. The molecule has 0 radical (unpaired) electrons. The molecule has 0 bridgehead atoms. The summed E-state index contributed by atoms with van der Waals surface area (Å²) in [5.41, 5.74) is 0.637. The van der Waals surface area contributed by atoms with Gasteiger partial charge >= 0.3 is 29.6 Å². The first kappa shape index (κ1) is 23.0. The molecule has 5 nitrogen and oxygen atoms in total. The topological polar surface area (TPSA) is 86.7 Å². The molecule has 0 aliphatic rings. The van der Waals surface area contributed by atoms with E-state index in [4.69, 9.17) is 9.29 Å². The van der Waals surface area contributed by atoms with Gasteiger partial charge in [-0.15, -0.1) is 5.75 Å². The second-order valence-electron chi connectivity index (χ2n) is 5.95.